The van der Waals surface area contributed by atoms with E-state index in [0.29, 0.717) is 38.3 Å². The number of benzene rings is 2. The molecule has 2 fully saturated rings. The molecule has 0 spiro atoms. The molecule has 218 valence electrons. The van der Waals surface area contributed by atoms with Crippen molar-refractivity contribution in [3.63, 3.8) is 0 Å². The topological polar surface area (TPSA) is 88.8 Å². The van der Waals surface area contributed by atoms with Gasteiger partial charge in [0, 0.05) is 61.8 Å². The summed E-state index contributed by atoms with van der Waals surface area (Å²) in [6.07, 6.45) is 5.47. The van der Waals surface area contributed by atoms with E-state index in [4.69, 9.17) is 14.7 Å². The zero-order valence-electron chi connectivity index (χ0n) is 24.4. The number of fused-ring (bicyclic) bond motifs is 2. The van der Waals surface area contributed by atoms with Crippen LogP contribution in [-0.4, -0.2) is 90.7 Å². The molecular formula is C33H39N7O2. The number of anilines is 2. The lowest BCUT2D eigenvalue weighted by Crippen LogP contribution is -2.55. The van der Waals surface area contributed by atoms with Crippen molar-refractivity contribution >= 4 is 28.2 Å². The Labute approximate surface area is 248 Å². The van der Waals surface area contributed by atoms with Gasteiger partial charge in [0.1, 0.15) is 12.4 Å². The second-order valence-corrected chi connectivity index (χ2v) is 11.5. The van der Waals surface area contributed by atoms with Crippen LogP contribution < -0.4 is 14.5 Å². The van der Waals surface area contributed by atoms with Gasteiger partial charge in [0.15, 0.2) is 0 Å². The number of piperazine rings is 1. The predicted molar refractivity (Wildman–Crippen MR) is 165 cm³/mol. The summed E-state index contributed by atoms with van der Waals surface area (Å²) < 4.78 is 6.28. The van der Waals surface area contributed by atoms with Gasteiger partial charge in [-0.05, 0) is 50.4 Å². The third kappa shape index (κ3) is 5.64. The Hall–Kier alpha value is -4.16. The van der Waals surface area contributed by atoms with Gasteiger partial charge < -0.3 is 24.3 Å². The molecule has 3 aliphatic heterocycles. The fourth-order valence-corrected chi connectivity index (χ4v) is 6.70. The van der Waals surface area contributed by atoms with E-state index in [-0.39, 0.29) is 18.4 Å². The zero-order valence-corrected chi connectivity index (χ0v) is 24.4. The summed E-state index contributed by atoms with van der Waals surface area (Å²) in [6.45, 7) is 8.69. The minimum absolute atomic E-state index is 0.133. The van der Waals surface area contributed by atoms with Gasteiger partial charge in [0.05, 0.1) is 24.2 Å². The lowest BCUT2D eigenvalue weighted by atomic mass is 10.1. The maximum absolute atomic E-state index is 12.6. The van der Waals surface area contributed by atoms with Crippen LogP contribution >= 0.6 is 0 Å². The number of aromatic nitrogens is 2. The molecule has 2 atom stereocenters. The number of nitriles is 1. The van der Waals surface area contributed by atoms with Crippen LogP contribution in [0.5, 0.6) is 6.01 Å². The van der Waals surface area contributed by atoms with Crippen LogP contribution in [0.25, 0.3) is 10.8 Å². The van der Waals surface area contributed by atoms with Crippen molar-refractivity contribution in [2.45, 2.75) is 44.2 Å². The van der Waals surface area contributed by atoms with Crippen LogP contribution in [-0.2, 0) is 17.6 Å². The molecule has 42 heavy (non-hydrogen) atoms. The van der Waals surface area contributed by atoms with E-state index >= 15 is 0 Å². The molecule has 1 amide bonds. The highest BCUT2D eigenvalue weighted by molar-refractivity contribution is 5.94. The Morgan fingerprint density at radius 1 is 1.05 bits per heavy atom. The van der Waals surface area contributed by atoms with Gasteiger partial charge in [-0.25, -0.2) is 0 Å². The molecule has 2 aromatic carbocycles. The largest absolute Gasteiger partial charge is 0.462 e. The maximum atomic E-state index is 12.6. The number of hydrogen-bond acceptors (Lipinski definition) is 8. The summed E-state index contributed by atoms with van der Waals surface area (Å²) in [6, 6.07) is 17.9. The van der Waals surface area contributed by atoms with E-state index in [9.17, 15) is 10.1 Å². The highest BCUT2D eigenvalue weighted by atomic mass is 16.5. The SMILES string of the molecule is C=CC(=O)N1CCN(c2nc(OC[C@@H]3CCCN3C)nc3c2CCN(c2cccc4ccccc24)CC3)CC1CC#N. The minimum atomic E-state index is -0.227. The lowest BCUT2D eigenvalue weighted by molar-refractivity contribution is -0.128. The molecule has 2 saturated heterocycles. The maximum Gasteiger partial charge on any atom is 0.318 e. The number of ether oxygens (including phenoxy) is 1. The van der Waals surface area contributed by atoms with Gasteiger partial charge in [-0.3, -0.25) is 4.79 Å². The van der Waals surface area contributed by atoms with Crippen LogP contribution in [0.3, 0.4) is 0 Å². The lowest BCUT2D eigenvalue weighted by Gasteiger charge is -2.41. The monoisotopic (exact) mass is 565 g/mol. The number of rotatable bonds is 7. The van der Waals surface area contributed by atoms with Crippen molar-refractivity contribution in [2.75, 3.05) is 62.7 Å². The molecule has 0 radical (unpaired) electrons. The molecular weight excluding hydrogens is 526 g/mol. The molecule has 3 aromatic rings. The van der Waals surface area contributed by atoms with Gasteiger partial charge in [-0.1, -0.05) is 43.0 Å². The number of carbonyl (C=O) groups is 1. The molecule has 0 N–H and O–H groups in total. The summed E-state index contributed by atoms with van der Waals surface area (Å²) in [5, 5.41) is 12.0. The Balaban J connectivity index is 1.31. The predicted octanol–water partition coefficient (Wildman–Crippen LogP) is 3.82. The quantitative estimate of drug-likeness (QED) is 0.400. The third-order valence-electron chi connectivity index (χ3n) is 9.05. The normalized spacial score (nSPS) is 21.1. The summed E-state index contributed by atoms with van der Waals surface area (Å²) in [5.74, 6) is 0.745. The first-order valence-electron chi connectivity index (χ1n) is 15.1. The van der Waals surface area contributed by atoms with E-state index in [1.54, 1.807) is 4.90 Å². The summed E-state index contributed by atoms with van der Waals surface area (Å²) >= 11 is 0. The first-order chi connectivity index (χ1) is 20.6. The number of amides is 1. The Bertz CT molecular complexity index is 1500. The van der Waals surface area contributed by atoms with Crippen LogP contribution in [0.2, 0.25) is 0 Å². The van der Waals surface area contributed by atoms with Gasteiger partial charge in [-0.2, -0.15) is 15.2 Å². The third-order valence-corrected chi connectivity index (χ3v) is 9.05. The van der Waals surface area contributed by atoms with Crippen molar-refractivity contribution in [3.05, 3.63) is 66.4 Å². The summed E-state index contributed by atoms with van der Waals surface area (Å²) in [7, 11) is 2.14. The molecule has 9 nitrogen and oxygen atoms in total. The van der Waals surface area contributed by atoms with Crippen molar-refractivity contribution < 1.29 is 9.53 Å². The minimum Gasteiger partial charge on any atom is -0.462 e. The van der Waals surface area contributed by atoms with Crippen molar-refractivity contribution in [2.24, 2.45) is 0 Å². The van der Waals surface area contributed by atoms with Crippen molar-refractivity contribution in [1.29, 1.82) is 5.26 Å². The van der Waals surface area contributed by atoms with Crippen molar-refractivity contribution in [3.8, 4) is 12.1 Å². The van der Waals surface area contributed by atoms with Crippen LogP contribution in [0.4, 0.5) is 11.5 Å². The molecule has 6 rings (SSSR count). The Morgan fingerprint density at radius 3 is 2.69 bits per heavy atom. The standard InChI is InChI=1S/C33H39N7O2/c1-3-31(41)40-21-20-39(22-25(40)13-16-34)32-28-14-18-38(30-12-6-9-24-8-4-5-11-27(24)30)19-15-29(28)35-33(36-32)42-23-26-10-7-17-37(26)2/h3-6,8-9,11-12,25-26H,1,7,10,13-15,17-23H2,2H3/t25?,26-/m0/s1. The smallest absolute Gasteiger partial charge is 0.318 e. The highest BCUT2D eigenvalue weighted by Gasteiger charge is 2.33. The number of carbonyl (C=O) groups excluding carboxylic acids is 1. The zero-order chi connectivity index (χ0) is 29.1. The number of likely N-dealkylation sites (tertiary alicyclic amines) is 1. The molecule has 9 heteroatoms. The second kappa shape index (κ2) is 12.4. The van der Waals surface area contributed by atoms with E-state index in [1.165, 1.54) is 29.0 Å². The average Bonchev–Trinajstić information content (AvgIpc) is 3.31. The van der Waals surface area contributed by atoms with Crippen LogP contribution in [0, 0.1) is 11.3 Å². The first-order valence-corrected chi connectivity index (χ1v) is 15.1. The first kappa shape index (κ1) is 28.0. The Morgan fingerprint density at radius 2 is 1.88 bits per heavy atom. The van der Waals surface area contributed by atoms with E-state index < -0.39 is 0 Å². The number of likely N-dealkylation sites (N-methyl/N-ethyl adjacent to an activating group) is 1. The molecule has 0 aliphatic carbocycles. The van der Waals surface area contributed by atoms with Gasteiger partial charge in [0.2, 0.25) is 5.91 Å². The van der Waals surface area contributed by atoms with Crippen molar-refractivity contribution in [1.82, 2.24) is 19.8 Å². The van der Waals surface area contributed by atoms with E-state index in [2.05, 4.69) is 76.9 Å². The fraction of sp³-hybridized carbons (Fsp3) is 0.455. The molecule has 0 saturated carbocycles. The summed E-state index contributed by atoms with van der Waals surface area (Å²) in [4.78, 5) is 31.4. The van der Waals surface area contributed by atoms with E-state index in [0.717, 1.165) is 56.0 Å². The molecule has 3 aliphatic rings. The summed E-state index contributed by atoms with van der Waals surface area (Å²) in [5.41, 5.74) is 3.41. The highest BCUT2D eigenvalue weighted by Crippen LogP contribution is 2.33. The number of hydrogen-bond donors (Lipinski definition) is 0. The van der Waals surface area contributed by atoms with Gasteiger partial charge in [-0.15, -0.1) is 0 Å². The Kier molecular flexibility index (Phi) is 8.24. The van der Waals surface area contributed by atoms with Gasteiger partial charge in [0.25, 0.3) is 0 Å². The average molecular weight is 566 g/mol. The van der Waals surface area contributed by atoms with E-state index in [1.807, 2.05) is 0 Å². The molecule has 1 unspecified atom stereocenters. The molecule has 4 heterocycles. The fourth-order valence-electron chi connectivity index (χ4n) is 6.70. The van der Waals surface area contributed by atoms with Crippen LogP contribution in [0.1, 0.15) is 30.5 Å². The molecule has 0 bridgehead atoms. The number of nitrogens with zero attached hydrogens (tertiary/aromatic N) is 7. The second-order valence-electron chi connectivity index (χ2n) is 11.5. The van der Waals surface area contributed by atoms with Crippen LogP contribution in [0.15, 0.2) is 55.1 Å². The van der Waals surface area contributed by atoms with Gasteiger partial charge >= 0.3 is 6.01 Å². The molecule has 1 aromatic heterocycles.